The number of morpholine rings is 1. The first kappa shape index (κ1) is 23.0. The molecule has 3 heterocycles. The molecule has 2 aliphatic heterocycles. The predicted molar refractivity (Wildman–Crippen MR) is 121 cm³/mol. The molecule has 1 aromatic heterocycles. The van der Waals surface area contributed by atoms with Crippen LogP contribution >= 0.6 is 11.3 Å². The number of carbonyl (C=O) groups excluding carboxylic acids is 1. The lowest BCUT2D eigenvalue weighted by atomic mass is 9.93. The standard InChI is InChI=1S/C21H36N6O2S/c1-5-22-20(23-14-18-24-17(16-30-18)21(2,3)4)27-8-6-25(7-9-27)15-19(28)26-10-12-29-13-11-26/h16H,5-15H2,1-4H3,(H,22,23). The zero-order chi connectivity index (χ0) is 21.6. The zero-order valence-electron chi connectivity index (χ0n) is 18.8. The lowest BCUT2D eigenvalue weighted by molar-refractivity contribution is -0.136. The van der Waals surface area contributed by atoms with Gasteiger partial charge in [0.1, 0.15) is 5.01 Å². The number of rotatable bonds is 5. The largest absolute Gasteiger partial charge is 0.378 e. The summed E-state index contributed by atoms with van der Waals surface area (Å²) < 4.78 is 5.34. The molecular formula is C21H36N6O2S. The van der Waals surface area contributed by atoms with Crippen molar-refractivity contribution in [3.8, 4) is 0 Å². The molecule has 0 saturated carbocycles. The van der Waals surface area contributed by atoms with Gasteiger partial charge in [0.05, 0.1) is 32.0 Å². The highest BCUT2D eigenvalue weighted by molar-refractivity contribution is 7.09. The Bertz CT molecular complexity index is 715. The number of aliphatic imine (C=N–C) groups is 1. The summed E-state index contributed by atoms with van der Waals surface area (Å²) in [5, 5.41) is 6.60. The van der Waals surface area contributed by atoms with E-state index in [0.717, 1.165) is 49.4 Å². The summed E-state index contributed by atoms with van der Waals surface area (Å²) in [5.74, 6) is 1.15. The molecule has 1 N–H and O–H groups in total. The van der Waals surface area contributed by atoms with Gasteiger partial charge in [0.25, 0.3) is 0 Å². The Morgan fingerprint density at radius 2 is 1.87 bits per heavy atom. The normalized spacial score (nSPS) is 19.3. The molecule has 0 aromatic carbocycles. The van der Waals surface area contributed by atoms with Gasteiger partial charge in [-0.2, -0.15) is 0 Å². The number of aromatic nitrogens is 1. The van der Waals surface area contributed by atoms with Crippen LogP contribution in [0.15, 0.2) is 10.4 Å². The average molecular weight is 437 g/mol. The number of hydrogen-bond acceptors (Lipinski definition) is 6. The van der Waals surface area contributed by atoms with E-state index in [-0.39, 0.29) is 11.3 Å². The van der Waals surface area contributed by atoms with Gasteiger partial charge in [-0.05, 0) is 6.92 Å². The smallest absolute Gasteiger partial charge is 0.236 e. The van der Waals surface area contributed by atoms with Crippen LogP contribution in [0, 0.1) is 0 Å². The molecule has 9 heteroatoms. The van der Waals surface area contributed by atoms with Gasteiger partial charge in [-0.15, -0.1) is 11.3 Å². The van der Waals surface area contributed by atoms with Crippen molar-refractivity contribution in [2.45, 2.75) is 39.7 Å². The van der Waals surface area contributed by atoms with E-state index < -0.39 is 0 Å². The van der Waals surface area contributed by atoms with Gasteiger partial charge in [0.15, 0.2) is 5.96 Å². The second-order valence-electron chi connectivity index (χ2n) is 8.80. The molecule has 1 amide bonds. The molecule has 0 radical (unpaired) electrons. The van der Waals surface area contributed by atoms with Crippen LogP contribution in [0.5, 0.6) is 0 Å². The van der Waals surface area contributed by atoms with Crippen LogP contribution < -0.4 is 5.32 Å². The Morgan fingerprint density at radius 3 is 2.47 bits per heavy atom. The van der Waals surface area contributed by atoms with Gasteiger partial charge >= 0.3 is 0 Å². The van der Waals surface area contributed by atoms with Crippen LogP contribution in [0.4, 0.5) is 0 Å². The van der Waals surface area contributed by atoms with Crippen LogP contribution in [0.2, 0.25) is 0 Å². The molecule has 2 saturated heterocycles. The van der Waals surface area contributed by atoms with Crippen molar-refractivity contribution in [3.63, 3.8) is 0 Å². The van der Waals surface area contributed by atoms with Crippen molar-refractivity contribution in [2.24, 2.45) is 4.99 Å². The van der Waals surface area contributed by atoms with Gasteiger partial charge < -0.3 is 19.9 Å². The van der Waals surface area contributed by atoms with Crippen molar-refractivity contribution in [1.82, 2.24) is 25.0 Å². The highest BCUT2D eigenvalue weighted by Gasteiger charge is 2.24. The van der Waals surface area contributed by atoms with E-state index in [4.69, 9.17) is 14.7 Å². The second-order valence-corrected chi connectivity index (χ2v) is 9.75. The maximum atomic E-state index is 12.5. The summed E-state index contributed by atoms with van der Waals surface area (Å²) in [6.07, 6.45) is 0. The number of piperazine rings is 1. The minimum Gasteiger partial charge on any atom is -0.378 e. The fraction of sp³-hybridized carbons (Fsp3) is 0.762. The third-order valence-electron chi connectivity index (χ3n) is 5.41. The molecule has 0 spiro atoms. The number of ether oxygens (including phenoxy) is 1. The molecule has 0 unspecified atom stereocenters. The third-order valence-corrected chi connectivity index (χ3v) is 6.25. The average Bonchev–Trinajstić information content (AvgIpc) is 3.22. The van der Waals surface area contributed by atoms with Crippen LogP contribution in [0.3, 0.4) is 0 Å². The molecule has 1 aromatic rings. The van der Waals surface area contributed by atoms with E-state index in [1.165, 1.54) is 0 Å². The number of guanidine groups is 1. The topological polar surface area (TPSA) is 73.3 Å². The molecule has 2 fully saturated rings. The van der Waals surface area contributed by atoms with E-state index in [2.05, 4.69) is 48.2 Å². The molecule has 0 aliphatic carbocycles. The number of nitrogens with one attached hydrogen (secondary N) is 1. The number of nitrogens with zero attached hydrogens (tertiary/aromatic N) is 5. The quantitative estimate of drug-likeness (QED) is 0.555. The van der Waals surface area contributed by atoms with Gasteiger partial charge in [-0.25, -0.2) is 9.98 Å². The van der Waals surface area contributed by atoms with Crippen molar-refractivity contribution < 1.29 is 9.53 Å². The van der Waals surface area contributed by atoms with Crippen LogP contribution in [0.1, 0.15) is 38.4 Å². The third kappa shape index (κ3) is 6.39. The lowest BCUT2D eigenvalue weighted by Crippen LogP contribution is -2.54. The van der Waals surface area contributed by atoms with Crippen LogP contribution in [-0.4, -0.2) is 97.1 Å². The first-order chi connectivity index (χ1) is 14.4. The summed E-state index contributed by atoms with van der Waals surface area (Å²) >= 11 is 1.68. The van der Waals surface area contributed by atoms with Crippen molar-refractivity contribution in [2.75, 3.05) is 65.6 Å². The number of carbonyl (C=O) groups is 1. The number of amides is 1. The van der Waals surface area contributed by atoms with Gasteiger partial charge in [-0.3, -0.25) is 9.69 Å². The molecule has 0 bridgehead atoms. The van der Waals surface area contributed by atoms with Gasteiger partial charge in [0, 0.05) is 56.6 Å². The predicted octanol–water partition coefficient (Wildman–Crippen LogP) is 1.38. The Kier molecular flexibility index (Phi) is 8.07. The maximum Gasteiger partial charge on any atom is 0.236 e. The van der Waals surface area contributed by atoms with Crippen molar-refractivity contribution in [3.05, 3.63) is 16.1 Å². The number of hydrogen-bond donors (Lipinski definition) is 1. The van der Waals surface area contributed by atoms with Crippen molar-refractivity contribution in [1.29, 1.82) is 0 Å². The fourth-order valence-corrected chi connectivity index (χ4v) is 4.46. The molecule has 2 aliphatic rings. The molecule has 3 rings (SSSR count). The molecular weight excluding hydrogens is 400 g/mol. The number of thiazole rings is 1. The Hall–Kier alpha value is -1.71. The summed E-state index contributed by atoms with van der Waals surface area (Å²) in [7, 11) is 0. The molecule has 0 atom stereocenters. The molecule has 30 heavy (non-hydrogen) atoms. The Balaban J connectivity index is 1.51. The first-order valence-electron chi connectivity index (χ1n) is 10.9. The van der Waals surface area contributed by atoms with Gasteiger partial charge in [0.2, 0.25) is 5.91 Å². The minimum atomic E-state index is 0.0674. The fourth-order valence-electron chi connectivity index (χ4n) is 3.52. The van der Waals surface area contributed by atoms with E-state index in [0.29, 0.717) is 39.4 Å². The Labute approximate surface area is 184 Å². The Morgan fingerprint density at radius 1 is 1.17 bits per heavy atom. The van der Waals surface area contributed by atoms with E-state index in [9.17, 15) is 4.79 Å². The summed E-state index contributed by atoms with van der Waals surface area (Å²) in [6, 6.07) is 0. The van der Waals surface area contributed by atoms with E-state index >= 15 is 0 Å². The zero-order valence-corrected chi connectivity index (χ0v) is 19.6. The molecule has 8 nitrogen and oxygen atoms in total. The van der Waals surface area contributed by atoms with E-state index in [1.807, 2.05) is 4.90 Å². The van der Waals surface area contributed by atoms with Gasteiger partial charge in [-0.1, -0.05) is 20.8 Å². The minimum absolute atomic E-state index is 0.0674. The maximum absolute atomic E-state index is 12.5. The molecule has 168 valence electrons. The van der Waals surface area contributed by atoms with Crippen LogP contribution in [-0.2, 0) is 21.5 Å². The summed E-state index contributed by atoms with van der Waals surface area (Å²) in [4.78, 5) is 28.5. The van der Waals surface area contributed by atoms with E-state index in [1.54, 1.807) is 11.3 Å². The highest BCUT2D eigenvalue weighted by Crippen LogP contribution is 2.24. The monoisotopic (exact) mass is 436 g/mol. The lowest BCUT2D eigenvalue weighted by Gasteiger charge is -2.37. The van der Waals surface area contributed by atoms with Crippen molar-refractivity contribution >= 4 is 23.2 Å². The first-order valence-corrected chi connectivity index (χ1v) is 11.8. The van der Waals surface area contributed by atoms with Crippen LogP contribution in [0.25, 0.3) is 0 Å². The highest BCUT2D eigenvalue weighted by atomic mass is 32.1. The second kappa shape index (κ2) is 10.5. The summed E-state index contributed by atoms with van der Waals surface area (Å²) in [5.41, 5.74) is 1.19. The SMILES string of the molecule is CCNC(=NCc1nc(C(C)(C)C)cs1)N1CCN(CC(=O)N2CCOCC2)CC1. The summed E-state index contributed by atoms with van der Waals surface area (Å²) in [6.45, 7) is 16.8.